The van der Waals surface area contributed by atoms with E-state index in [0.29, 0.717) is 0 Å². The largest absolute Gasteiger partial charge is 0.377 e. The summed E-state index contributed by atoms with van der Waals surface area (Å²) in [4.78, 5) is 8.75. The lowest BCUT2D eigenvalue weighted by Gasteiger charge is -2.14. The molecule has 0 aliphatic rings. The van der Waals surface area contributed by atoms with Gasteiger partial charge in [0.25, 0.3) is 0 Å². The summed E-state index contributed by atoms with van der Waals surface area (Å²) in [6, 6.07) is 1.90. The van der Waals surface area contributed by atoms with Crippen LogP contribution in [0.1, 0.15) is 26.6 Å². The zero-order valence-electron chi connectivity index (χ0n) is 11.1. The fourth-order valence-electron chi connectivity index (χ4n) is 1.47. The van der Waals surface area contributed by atoms with E-state index >= 15 is 0 Å². The Labute approximate surface area is 103 Å². The molecule has 0 fully saturated rings. The van der Waals surface area contributed by atoms with Gasteiger partial charge in [0.1, 0.15) is 17.5 Å². The molecule has 0 saturated heterocycles. The lowest BCUT2D eigenvalue weighted by molar-refractivity contribution is 0.0855. The number of nitrogens with one attached hydrogen (secondary N) is 2. The lowest BCUT2D eigenvalue weighted by atomic mass is 10.3. The molecule has 17 heavy (non-hydrogen) atoms. The summed E-state index contributed by atoms with van der Waals surface area (Å²) in [5.41, 5.74) is 0. The van der Waals surface area contributed by atoms with Gasteiger partial charge in [-0.3, -0.25) is 0 Å². The predicted octanol–water partition coefficient (Wildman–Crippen LogP) is 1.92. The van der Waals surface area contributed by atoms with Crippen LogP contribution in [0, 0.1) is 0 Å². The molecule has 0 radical (unpaired) electrons. The smallest absolute Gasteiger partial charge is 0.132 e. The van der Waals surface area contributed by atoms with Gasteiger partial charge in [-0.05, 0) is 13.8 Å². The fraction of sp³-hybridized carbons (Fsp3) is 0.667. The van der Waals surface area contributed by atoms with Crippen LogP contribution in [-0.4, -0.2) is 36.3 Å². The third kappa shape index (κ3) is 4.56. The van der Waals surface area contributed by atoms with Crippen LogP contribution >= 0.6 is 0 Å². The zero-order valence-corrected chi connectivity index (χ0v) is 11.1. The number of aromatic nitrogens is 2. The van der Waals surface area contributed by atoms with E-state index in [1.807, 2.05) is 33.9 Å². The van der Waals surface area contributed by atoms with Crippen molar-refractivity contribution in [3.8, 4) is 0 Å². The van der Waals surface area contributed by atoms with Crippen molar-refractivity contribution in [1.29, 1.82) is 0 Å². The van der Waals surface area contributed by atoms with Gasteiger partial charge in [0, 0.05) is 32.7 Å². The standard InChI is InChI=1S/C12H22N4O/c1-5-10-15-11(13-4)7-12(16-10)14-8-9(3)17-6-2/h7,9H,5-6,8H2,1-4H3,(H2,13,14,15,16). The molecule has 1 unspecified atom stereocenters. The van der Waals surface area contributed by atoms with Crippen LogP contribution in [0.15, 0.2) is 6.07 Å². The van der Waals surface area contributed by atoms with Crippen LogP contribution in [0.2, 0.25) is 0 Å². The second-order valence-corrected chi connectivity index (χ2v) is 3.81. The Bertz CT molecular complexity index is 321. The van der Waals surface area contributed by atoms with Gasteiger partial charge >= 0.3 is 0 Å². The first kappa shape index (κ1) is 13.7. The van der Waals surface area contributed by atoms with Gasteiger partial charge < -0.3 is 15.4 Å². The van der Waals surface area contributed by atoms with Gasteiger partial charge in [0.2, 0.25) is 0 Å². The maximum atomic E-state index is 5.46. The first-order chi connectivity index (χ1) is 8.19. The van der Waals surface area contributed by atoms with Crippen molar-refractivity contribution in [2.45, 2.75) is 33.3 Å². The van der Waals surface area contributed by atoms with Crippen molar-refractivity contribution < 1.29 is 4.74 Å². The third-order valence-corrected chi connectivity index (χ3v) is 2.37. The van der Waals surface area contributed by atoms with Gasteiger partial charge in [-0.2, -0.15) is 0 Å². The summed E-state index contributed by atoms with van der Waals surface area (Å²) in [5.74, 6) is 2.51. The second kappa shape index (κ2) is 7.06. The molecule has 1 heterocycles. The topological polar surface area (TPSA) is 59.1 Å². The van der Waals surface area contributed by atoms with Crippen molar-refractivity contribution in [2.75, 3.05) is 30.8 Å². The van der Waals surface area contributed by atoms with Gasteiger partial charge in [0.15, 0.2) is 0 Å². The van der Waals surface area contributed by atoms with E-state index in [9.17, 15) is 0 Å². The van der Waals surface area contributed by atoms with Crippen molar-refractivity contribution >= 4 is 11.6 Å². The number of anilines is 2. The Kier molecular flexibility index (Phi) is 5.69. The first-order valence-corrected chi connectivity index (χ1v) is 6.10. The van der Waals surface area contributed by atoms with Gasteiger partial charge in [-0.1, -0.05) is 6.92 Å². The molecule has 0 aromatic carbocycles. The molecule has 0 amide bonds. The summed E-state index contributed by atoms with van der Waals surface area (Å²) >= 11 is 0. The number of hydrogen-bond donors (Lipinski definition) is 2. The Morgan fingerprint density at radius 1 is 1.29 bits per heavy atom. The van der Waals surface area contributed by atoms with E-state index in [-0.39, 0.29) is 6.10 Å². The Balaban J connectivity index is 2.63. The molecule has 0 aliphatic heterocycles. The number of rotatable bonds is 7. The summed E-state index contributed by atoms with van der Waals surface area (Å²) in [6.45, 7) is 7.56. The predicted molar refractivity (Wildman–Crippen MR) is 70.5 cm³/mol. The average Bonchev–Trinajstić information content (AvgIpc) is 2.36. The molecule has 5 heteroatoms. The average molecular weight is 238 g/mol. The second-order valence-electron chi connectivity index (χ2n) is 3.81. The molecular formula is C12H22N4O. The van der Waals surface area contributed by atoms with E-state index in [2.05, 4.69) is 20.6 Å². The normalized spacial score (nSPS) is 12.2. The van der Waals surface area contributed by atoms with Crippen molar-refractivity contribution in [1.82, 2.24) is 9.97 Å². The van der Waals surface area contributed by atoms with E-state index in [0.717, 1.165) is 37.0 Å². The van der Waals surface area contributed by atoms with Crippen LogP contribution in [0.3, 0.4) is 0 Å². The van der Waals surface area contributed by atoms with Crippen molar-refractivity contribution in [3.05, 3.63) is 11.9 Å². The minimum atomic E-state index is 0.179. The molecule has 0 saturated carbocycles. The Hall–Kier alpha value is -1.36. The van der Waals surface area contributed by atoms with E-state index in [4.69, 9.17) is 4.74 Å². The molecule has 0 spiro atoms. The van der Waals surface area contributed by atoms with Crippen LogP contribution in [-0.2, 0) is 11.2 Å². The van der Waals surface area contributed by atoms with Crippen LogP contribution in [0.25, 0.3) is 0 Å². The summed E-state index contributed by atoms with van der Waals surface area (Å²) in [7, 11) is 1.86. The molecule has 1 aromatic rings. The number of ether oxygens (including phenoxy) is 1. The Morgan fingerprint density at radius 3 is 2.59 bits per heavy atom. The number of aryl methyl sites for hydroxylation is 1. The van der Waals surface area contributed by atoms with Crippen LogP contribution in [0.5, 0.6) is 0 Å². The molecule has 5 nitrogen and oxygen atoms in total. The third-order valence-electron chi connectivity index (χ3n) is 2.37. The maximum absolute atomic E-state index is 5.46. The Morgan fingerprint density at radius 2 is 2.00 bits per heavy atom. The highest BCUT2D eigenvalue weighted by molar-refractivity contribution is 5.47. The highest BCUT2D eigenvalue weighted by atomic mass is 16.5. The molecule has 0 aliphatic carbocycles. The van der Waals surface area contributed by atoms with E-state index in [1.165, 1.54) is 0 Å². The molecule has 0 bridgehead atoms. The number of nitrogens with zero attached hydrogens (tertiary/aromatic N) is 2. The molecule has 1 rings (SSSR count). The van der Waals surface area contributed by atoms with Crippen LogP contribution < -0.4 is 10.6 Å². The van der Waals surface area contributed by atoms with Gasteiger partial charge in [-0.15, -0.1) is 0 Å². The van der Waals surface area contributed by atoms with Crippen molar-refractivity contribution in [3.63, 3.8) is 0 Å². The molecule has 1 aromatic heterocycles. The van der Waals surface area contributed by atoms with Crippen LogP contribution in [0.4, 0.5) is 11.6 Å². The zero-order chi connectivity index (χ0) is 12.7. The van der Waals surface area contributed by atoms with Crippen molar-refractivity contribution in [2.24, 2.45) is 0 Å². The highest BCUT2D eigenvalue weighted by Gasteiger charge is 2.04. The summed E-state index contributed by atoms with van der Waals surface area (Å²) < 4.78 is 5.46. The number of hydrogen-bond acceptors (Lipinski definition) is 5. The molecule has 2 N–H and O–H groups in total. The fourth-order valence-corrected chi connectivity index (χ4v) is 1.47. The minimum absolute atomic E-state index is 0.179. The first-order valence-electron chi connectivity index (χ1n) is 6.10. The minimum Gasteiger partial charge on any atom is -0.377 e. The SMILES string of the molecule is CCOC(C)CNc1cc(NC)nc(CC)n1. The summed E-state index contributed by atoms with van der Waals surface area (Å²) in [6.07, 6.45) is 1.00. The van der Waals surface area contributed by atoms with Gasteiger partial charge in [0.05, 0.1) is 6.10 Å². The van der Waals surface area contributed by atoms with E-state index < -0.39 is 0 Å². The monoisotopic (exact) mass is 238 g/mol. The quantitative estimate of drug-likeness (QED) is 0.760. The maximum Gasteiger partial charge on any atom is 0.132 e. The van der Waals surface area contributed by atoms with E-state index in [1.54, 1.807) is 0 Å². The molecule has 1 atom stereocenters. The summed E-state index contributed by atoms with van der Waals surface area (Å²) in [5, 5.41) is 6.30. The molecular weight excluding hydrogens is 216 g/mol. The highest BCUT2D eigenvalue weighted by Crippen LogP contribution is 2.11. The lowest BCUT2D eigenvalue weighted by Crippen LogP contribution is -2.20. The van der Waals surface area contributed by atoms with Gasteiger partial charge in [-0.25, -0.2) is 9.97 Å². The molecule has 96 valence electrons.